The summed E-state index contributed by atoms with van der Waals surface area (Å²) in [6.45, 7) is 2.18. The quantitative estimate of drug-likeness (QED) is 0.179. The van der Waals surface area contributed by atoms with Crippen LogP contribution in [0, 0.1) is 17.0 Å². The molecule has 294 valence electrons. The molecule has 18 heteroatoms. The third kappa shape index (κ3) is 7.05. The zero-order chi connectivity index (χ0) is 38.4. The molecule has 0 spiro atoms. The molecule has 6 heterocycles. The normalized spacial score (nSPS) is 23.9. The predicted molar refractivity (Wildman–Crippen MR) is 182 cm³/mol. The van der Waals surface area contributed by atoms with Crippen LogP contribution in [0.5, 0.6) is 17.5 Å². The van der Waals surface area contributed by atoms with Gasteiger partial charge >= 0.3 is 18.7 Å². The molecule has 0 amide bonds. The largest absolute Gasteiger partial charge is 0.573 e. The Bertz CT molecular complexity index is 2160. The molecule has 0 radical (unpaired) electrons. The second-order valence-corrected chi connectivity index (χ2v) is 15.4. The fourth-order valence-electron chi connectivity index (χ4n) is 9.00. The second kappa shape index (κ2) is 13.1. The van der Waals surface area contributed by atoms with Crippen LogP contribution >= 0.6 is 0 Å². The number of hydrogen-bond acceptors (Lipinski definition) is 10. The number of rotatable bonds is 8. The van der Waals surface area contributed by atoms with Crippen molar-refractivity contribution in [3.63, 3.8) is 0 Å². The molecule has 5 aliphatic rings. The van der Waals surface area contributed by atoms with Gasteiger partial charge in [-0.15, -0.1) is 26.3 Å². The van der Waals surface area contributed by atoms with Crippen molar-refractivity contribution in [3.8, 4) is 28.8 Å². The molecule has 3 atom stereocenters. The van der Waals surface area contributed by atoms with Crippen LogP contribution in [0.2, 0.25) is 0 Å². The number of aromatic hydroxyl groups is 1. The van der Waals surface area contributed by atoms with Crippen LogP contribution in [0.1, 0.15) is 50.6 Å². The first kappa shape index (κ1) is 36.4. The lowest BCUT2D eigenvalue weighted by atomic mass is 9.97. The van der Waals surface area contributed by atoms with E-state index in [0.29, 0.717) is 55.9 Å². The number of nitrogens with one attached hydrogen (secondary N) is 1. The monoisotopic (exact) mass is 780 g/mol. The van der Waals surface area contributed by atoms with Gasteiger partial charge in [-0.3, -0.25) is 4.74 Å². The van der Waals surface area contributed by atoms with Crippen LogP contribution in [-0.2, 0) is 11.2 Å². The van der Waals surface area contributed by atoms with E-state index in [9.17, 15) is 31.4 Å². The van der Waals surface area contributed by atoms with Crippen molar-refractivity contribution in [2.75, 3.05) is 37.7 Å². The van der Waals surface area contributed by atoms with Gasteiger partial charge in [-0.25, -0.2) is 13.8 Å². The van der Waals surface area contributed by atoms with Crippen molar-refractivity contribution < 1.29 is 54.4 Å². The van der Waals surface area contributed by atoms with Crippen LogP contribution in [0.3, 0.4) is 0 Å². The highest BCUT2D eigenvalue weighted by molar-refractivity contribution is 6.04. The van der Waals surface area contributed by atoms with Crippen LogP contribution in [0.25, 0.3) is 32.9 Å². The summed E-state index contributed by atoms with van der Waals surface area (Å²) in [5.41, 5.74) is -0.882. The first-order valence-corrected chi connectivity index (χ1v) is 18.4. The van der Waals surface area contributed by atoms with Crippen molar-refractivity contribution >= 4 is 27.5 Å². The standard InChI is InChI=1S/C37H36F8N6O4/c38-23-3-1-18-13-20(52)14-22(27(18)32(23)55-37(43,44)45)30-29(39)31-28-25(47-30)5-6-26-24-4-2-19(46-24)15-51(26)33(28)49-34(48-31)53-17-35(9-10-35)16-50-11-7-21(8-12-50)54-36(40,41)42/h1,3,13-14,19,21,24,26,46,52H,2,4-12,15-17H2/t19-,24+,26-/m1/s1. The van der Waals surface area contributed by atoms with E-state index in [1.54, 1.807) is 0 Å². The highest BCUT2D eigenvalue weighted by Gasteiger charge is 2.47. The molecule has 2 aromatic heterocycles. The van der Waals surface area contributed by atoms with E-state index < -0.39 is 53.0 Å². The summed E-state index contributed by atoms with van der Waals surface area (Å²) in [6.07, 6.45) is -5.96. The van der Waals surface area contributed by atoms with Crippen molar-refractivity contribution in [1.29, 1.82) is 0 Å². The van der Waals surface area contributed by atoms with E-state index in [-0.39, 0.29) is 65.5 Å². The molecular weight excluding hydrogens is 744 g/mol. The van der Waals surface area contributed by atoms with Gasteiger partial charge in [-0.2, -0.15) is 9.97 Å². The number of halogens is 8. The van der Waals surface area contributed by atoms with Crippen molar-refractivity contribution in [3.05, 3.63) is 41.6 Å². The maximum absolute atomic E-state index is 17.2. The third-order valence-electron chi connectivity index (χ3n) is 11.7. The fraction of sp³-hybridized carbons (Fsp3) is 0.541. The van der Waals surface area contributed by atoms with Gasteiger partial charge < -0.3 is 29.7 Å². The average molecular weight is 781 g/mol. The number of pyridine rings is 1. The van der Waals surface area contributed by atoms with Crippen molar-refractivity contribution in [2.45, 2.75) is 88.3 Å². The lowest BCUT2D eigenvalue weighted by Crippen LogP contribution is -2.58. The SMILES string of the molecule is Oc1cc(-c2nc3c4c(nc(OCC5(CN6CCC(OC(F)(F)F)CC6)CC5)nc4c2F)N2C[C@H]4CC[C@H](N4)[C@H]2CC3)c2c(OC(F)(F)F)c(F)ccc2c1. The molecule has 2 N–H and O–H groups in total. The molecule has 4 aliphatic heterocycles. The van der Waals surface area contributed by atoms with E-state index in [0.717, 1.165) is 49.9 Å². The number of phenols is 1. The zero-order valence-electron chi connectivity index (χ0n) is 29.2. The number of piperidine rings is 1. The summed E-state index contributed by atoms with van der Waals surface area (Å²) >= 11 is 0. The Labute approximate surface area is 308 Å². The predicted octanol–water partition coefficient (Wildman–Crippen LogP) is 7.14. The highest BCUT2D eigenvalue weighted by Crippen LogP contribution is 2.48. The fourth-order valence-corrected chi connectivity index (χ4v) is 9.00. The number of anilines is 1. The number of benzene rings is 2. The summed E-state index contributed by atoms with van der Waals surface area (Å²) < 4.78 is 126. The molecule has 10 nitrogen and oxygen atoms in total. The van der Waals surface area contributed by atoms with Gasteiger partial charge in [0.2, 0.25) is 0 Å². The average Bonchev–Trinajstić information content (AvgIpc) is 3.81. The van der Waals surface area contributed by atoms with Crippen LogP contribution < -0.4 is 19.7 Å². The van der Waals surface area contributed by atoms with Gasteiger partial charge in [0, 0.05) is 60.7 Å². The highest BCUT2D eigenvalue weighted by atomic mass is 19.4. The van der Waals surface area contributed by atoms with Crippen LogP contribution in [0.4, 0.5) is 40.9 Å². The molecule has 4 aromatic rings. The van der Waals surface area contributed by atoms with E-state index in [1.165, 1.54) is 0 Å². The maximum Gasteiger partial charge on any atom is 0.573 e. The van der Waals surface area contributed by atoms with Gasteiger partial charge in [0.15, 0.2) is 17.4 Å². The van der Waals surface area contributed by atoms with Crippen LogP contribution in [0.15, 0.2) is 24.3 Å². The number of aryl methyl sites for hydroxylation is 1. The van der Waals surface area contributed by atoms with Crippen LogP contribution in [-0.4, -0.2) is 94.7 Å². The molecular formula is C37H36F8N6O4. The van der Waals surface area contributed by atoms with E-state index >= 15 is 8.78 Å². The Kier molecular flexibility index (Phi) is 8.69. The Morgan fingerprint density at radius 3 is 2.42 bits per heavy atom. The minimum atomic E-state index is -5.28. The van der Waals surface area contributed by atoms with Crippen molar-refractivity contribution in [2.24, 2.45) is 5.41 Å². The van der Waals surface area contributed by atoms with Crippen molar-refractivity contribution in [1.82, 2.24) is 25.2 Å². The molecule has 9 rings (SSSR count). The Morgan fingerprint density at radius 2 is 1.69 bits per heavy atom. The number of likely N-dealkylation sites (tertiary alicyclic amines) is 1. The number of alkyl halides is 6. The zero-order valence-corrected chi connectivity index (χ0v) is 29.2. The number of piperazine rings is 1. The molecule has 1 saturated carbocycles. The van der Waals surface area contributed by atoms with Gasteiger partial charge in [-0.05, 0) is 75.0 Å². The van der Waals surface area contributed by atoms with E-state index in [2.05, 4.69) is 34.6 Å². The van der Waals surface area contributed by atoms with E-state index in [1.807, 2.05) is 0 Å². The molecule has 0 unspecified atom stereocenters. The number of phenolic OH excluding ortho intramolecular Hbond substituents is 1. The molecule has 4 fully saturated rings. The third-order valence-corrected chi connectivity index (χ3v) is 11.7. The van der Waals surface area contributed by atoms with Gasteiger partial charge in [0.1, 0.15) is 22.8 Å². The number of hydrogen-bond donors (Lipinski definition) is 2. The number of ether oxygens (including phenoxy) is 3. The number of fused-ring (bicyclic) bond motifs is 6. The number of aromatic nitrogens is 3. The molecule has 3 saturated heterocycles. The first-order chi connectivity index (χ1) is 26.1. The summed E-state index contributed by atoms with van der Waals surface area (Å²) in [4.78, 5) is 18.3. The lowest BCUT2D eigenvalue weighted by molar-refractivity contribution is -0.345. The summed E-state index contributed by atoms with van der Waals surface area (Å²) in [6, 6.07) is 4.22. The van der Waals surface area contributed by atoms with Gasteiger partial charge in [-0.1, -0.05) is 6.07 Å². The van der Waals surface area contributed by atoms with E-state index in [4.69, 9.17) is 9.72 Å². The Hall–Kier alpha value is -4.29. The number of nitrogens with zero attached hydrogens (tertiary/aromatic N) is 5. The Balaban J connectivity index is 1.10. The topological polar surface area (TPSA) is 105 Å². The minimum Gasteiger partial charge on any atom is -0.508 e. The minimum absolute atomic E-state index is 0.0353. The summed E-state index contributed by atoms with van der Waals surface area (Å²) in [5.74, 6) is -3.55. The first-order valence-electron chi connectivity index (χ1n) is 18.4. The molecule has 55 heavy (non-hydrogen) atoms. The Morgan fingerprint density at radius 1 is 0.909 bits per heavy atom. The molecule has 2 aromatic carbocycles. The summed E-state index contributed by atoms with van der Waals surface area (Å²) in [5, 5.41) is 14.2. The maximum atomic E-state index is 17.2. The summed E-state index contributed by atoms with van der Waals surface area (Å²) in [7, 11) is 0. The van der Waals surface area contributed by atoms with Gasteiger partial charge in [0.25, 0.3) is 0 Å². The second-order valence-electron chi connectivity index (χ2n) is 15.4. The molecule has 1 aliphatic carbocycles. The van der Waals surface area contributed by atoms with Gasteiger partial charge in [0.05, 0.1) is 23.8 Å². The lowest BCUT2D eigenvalue weighted by Gasteiger charge is -2.41. The molecule has 2 bridgehead atoms. The smallest absolute Gasteiger partial charge is 0.508 e.